The molecule has 1 aliphatic carbocycles. The van der Waals surface area contributed by atoms with Crippen LogP contribution in [0.2, 0.25) is 0 Å². The van der Waals surface area contributed by atoms with Gasteiger partial charge in [-0.1, -0.05) is 51.3 Å². The molecule has 0 radical (unpaired) electrons. The predicted molar refractivity (Wildman–Crippen MR) is 150 cm³/mol. The third-order valence-electron chi connectivity index (χ3n) is 7.71. The van der Waals surface area contributed by atoms with E-state index in [4.69, 9.17) is 0 Å². The summed E-state index contributed by atoms with van der Waals surface area (Å²) in [4.78, 5) is 45.8. The number of nitrogens with zero attached hydrogens (tertiary/aromatic N) is 2. The molecule has 0 aliphatic heterocycles. The number of fused-ring (bicyclic) bond motifs is 1. The van der Waals surface area contributed by atoms with E-state index in [0.29, 0.717) is 36.7 Å². The van der Waals surface area contributed by atoms with E-state index >= 15 is 0 Å². The molecule has 3 aromatic rings. The number of H-pyrrole nitrogens is 1. The first kappa shape index (κ1) is 28.4. The Balaban J connectivity index is 1.58. The zero-order chi connectivity index (χ0) is 28.1. The van der Waals surface area contributed by atoms with Crippen molar-refractivity contribution in [2.75, 3.05) is 0 Å². The van der Waals surface area contributed by atoms with E-state index in [0.717, 1.165) is 42.1 Å². The van der Waals surface area contributed by atoms with Crippen molar-refractivity contribution in [2.45, 2.75) is 84.2 Å². The molecule has 210 valence electrons. The van der Waals surface area contributed by atoms with E-state index in [2.05, 4.69) is 20.6 Å². The lowest BCUT2D eigenvalue weighted by molar-refractivity contribution is -0.130. The number of aromatic amines is 1. The lowest BCUT2D eigenvalue weighted by Gasteiger charge is -2.25. The van der Waals surface area contributed by atoms with Gasteiger partial charge in [-0.15, -0.1) is 0 Å². The van der Waals surface area contributed by atoms with Crippen LogP contribution in [0.5, 0.6) is 0 Å². The number of imidazole rings is 1. The number of carboxylic acids is 1. The molecule has 1 aromatic carbocycles. The molecule has 1 saturated carbocycles. The van der Waals surface area contributed by atoms with Gasteiger partial charge in [-0.2, -0.15) is 0 Å². The fourth-order valence-corrected chi connectivity index (χ4v) is 5.76. The van der Waals surface area contributed by atoms with Crippen LogP contribution in [-0.2, 0) is 23.1 Å². The van der Waals surface area contributed by atoms with Crippen molar-refractivity contribution in [1.82, 2.24) is 25.2 Å². The Morgan fingerprint density at radius 3 is 2.51 bits per heavy atom. The number of nitrogens with one attached hydrogen (secondary N) is 3. The molecule has 0 bridgehead atoms. The average molecular weight is 536 g/mol. The van der Waals surface area contributed by atoms with E-state index in [-0.39, 0.29) is 23.4 Å². The summed E-state index contributed by atoms with van der Waals surface area (Å²) >= 11 is 0. The first-order chi connectivity index (χ1) is 18.6. The van der Waals surface area contributed by atoms with Gasteiger partial charge in [0.2, 0.25) is 11.8 Å². The van der Waals surface area contributed by atoms with Crippen LogP contribution in [0.3, 0.4) is 0 Å². The Bertz CT molecular complexity index is 1320. The van der Waals surface area contributed by atoms with Gasteiger partial charge in [-0.3, -0.25) is 9.59 Å². The molecule has 39 heavy (non-hydrogen) atoms. The summed E-state index contributed by atoms with van der Waals surface area (Å²) in [6, 6.07) is 6.72. The largest absolute Gasteiger partial charge is 0.476 e. The second-order valence-electron chi connectivity index (χ2n) is 11.4. The minimum absolute atomic E-state index is 0.0679. The van der Waals surface area contributed by atoms with Crippen LogP contribution < -0.4 is 10.6 Å². The number of carboxylic acid groups (broad SMARTS) is 1. The summed E-state index contributed by atoms with van der Waals surface area (Å²) in [5.41, 5.74) is 2.43. The maximum atomic E-state index is 13.7. The quantitative estimate of drug-likeness (QED) is 0.280. The van der Waals surface area contributed by atoms with Gasteiger partial charge in [0.15, 0.2) is 5.69 Å². The van der Waals surface area contributed by atoms with Gasteiger partial charge in [0.25, 0.3) is 0 Å². The second kappa shape index (κ2) is 12.5. The fourth-order valence-electron chi connectivity index (χ4n) is 5.76. The molecule has 2 amide bonds. The van der Waals surface area contributed by atoms with Crippen molar-refractivity contribution in [3.8, 4) is 0 Å². The number of aromatic carboxylic acids is 1. The molecule has 4 rings (SSSR count). The summed E-state index contributed by atoms with van der Waals surface area (Å²) < 4.78 is 2.03. The third kappa shape index (κ3) is 7.07. The zero-order valence-corrected chi connectivity index (χ0v) is 23.4. The monoisotopic (exact) mass is 535 g/mol. The van der Waals surface area contributed by atoms with E-state index in [9.17, 15) is 19.5 Å². The topological polar surface area (TPSA) is 129 Å². The summed E-state index contributed by atoms with van der Waals surface area (Å²) in [5, 5.41) is 16.7. The number of rotatable bonds is 11. The van der Waals surface area contributed by atoms with Gasteiger partial charge in [0, 0.05) is 42.7 Å². The lowest BCUT2D eigenvalue weighted by atomic mass is 9.86. The van der Waals surface area contributed by atoms with Gasteiger partial charge in [-0.05, 0) is 49.7 Å². The summed E-state index contributed by atoms with van der Waals surface area (Å²) in [6.45, 7) is 5.70. The molecule has 9 nitrogen and oxygen atoms in total. The Kier molecular flexibility index (Phi) is 9.09. The number of aryl methyl sites for hydroxylation is 2. The lowest BCUT2D eigenvalue weighted by Crippen LogP contribution is -2.49. The normalized spacial score (nSPS) is 15.8. The van der Waals surface area contributed by atoms with Gasteiger partial charge < -0.3 is 25.3 Å². The van der Waals surface area contributed by atoms with E-state index in [1.165, 1.54) is 6.42 Å². The maximum absolute atomic E-state index is 13.7. The molecule has 1 fully saturated rings. The average Bonchev–Trinajstić information content (AvgIpc) is 3.43. The van der Waals surface area contributed by atoms with Gasteiger partial charge in [-0.25, -0.2) is 9.78 Å². The number of carbonyl (C=O) groups excluding carboxylic acids is 2. The minimum atomic E-state index is -1.13. The number of para-hydroxylation sites is 1. The second-order valence-corrected chi connectivity index (χ2v) is 11.4. The molecule has 0 spiro atoms. The van der Waals surface area contributed by atoms with Crippen molar-refractivity contribution in [3.63, 3.8) is 0 Å². The molecule has 2 aromatic heterocycles. The highest BCUT2D eigenvalue weighted by molar-refractivity contribution is 5.89. The third-order valence-corrected chi connectivity index (χ3v) is 7.71. The highest BCUT2D eigenvalue weighted by Crippen LogP contribution is 2.27. The smallest absolute Gasteiger partial charge is 0.356 e. The van der Waals surface area contributed by atoms with Gasteiger partial charge >= 0.3 is 5.97 Å². The van der Waals surface area contributed by atoms with Crippen LogP contribution in [-0.4, -0.2) is 43.5 Å². The SMILES string of the molecule is Cc1[nH]c([C@@H](Cc2cn(C)c3ccccc23)NC(=O)[C@H](CC(C)C)NC(=O)CC2CCCCC2)nc1C(=O)O. The first-order valence-corrected chi connectivity index (χ1v) is 14.0. The fraction of sp³-hybridized carbons (Fsp3) is 0.533. The van der Waals surface area contributed by atoms with Crippen LogP contribution in [0.15, 0.2) is 30.5 Å². The van der Waals surface area contributed by atoms with Crippen molar-refractivity contribution in [3.05, 3.63) is 53.2 Å². The van der Waals surface area contributed by atoms with Crippen LogP contribution in [0.4, 0.5) is 0 Å². The Hall–Kier alpha value is -3.62. The summed E-state index contributed by atoms with van der Waals surface area (Å²) in [7, 11) is 1.97. The molecule has 0 unspecified atom stereocenters. The molecule has 4 N–H and O–H groups in total. The van der Waals surface area contributed by atoms with E-state index < -0.39 is 18.1 Å². The van der Waals surface area contributed by atoms with Crippen LogP contribution in [0.25, 0.3) is 10.9 Å². The number of amides is 2. The maximum Gasteiger partial charge on any atom is 0.356 e. The Labute approximate surface area is 229 Å². The van der Waals surface area contributed by atoms with Crippen molar-refractivity contribution >= 4 is 28.7 Å². The standard InChI is InChI=1S/C30H41N5O4/c1-18(2)14-24(32-26(36)15-20-10-6-5-7-11-20)29(37)33-23(28-31-19(3)27(34-28)30(38)39)16-21-17-35(4)25-13-9-8-12-22(21)25/h8-9,12-13,17-18,20,23-24H,5-7,10-11,14-16H2,1-4H3,(H,31,34)(H,32,36)(H,33,37)(H,38,39)/t23-,24+/m1/s1. The molecule has 0 saturated heterocycles. The van der Waals surface area contributed by atoms with Crippen LogP contribution in [0, 0.1) is 18.8 Å². The highest BCUT2D eigenvalue weighted by Gasteiger charge is 2.29. The summed E-state index contributed by atoms with van der Waals surface area (Å²) in [5.74, 6) is -0.564. The number of hydrogen-bond donors (Lipinski definition) is 4. The van der Waals surface area contributed by atoms with Crippen molar-refractivity contribution in [1.29, 1.82) is 0 Å². The molecular formula is C30H41N5O4. The van der Waals surface area contributed by atoms with E-state index in [1.807, 2.05) is 55.9 Å². The highest BCUT2D eigenvalue weighted by atomic mass is 16.4. The van der Waals surface area contributed by atoms with Crippen LogP contribution in [0.1, 0.15) is 92.4 Å². The van der Waals surface area contributed by atoms with Crippen molar-refractivity contribution < 1.29 is 19.5 Å². The summed E-state index contributed by atoms with van der Waals surface area (Å²) in [6.07, 6.45) is 9.04. The van der Waals surface area contributed by atoms with Gasteiger partial charge in [0.1, 0.15) is 11.9 Å². The molecule has 2 atom stereocenters. The van der Waals surface area contributed by atoms with Crippen LogP contribution >= 0.6 is 0 Å². The Morgan fingerprint density at radius 1 is 1.13 bits per heavy atom. The van der Waals surface area contributed by atoms with Crippen molar-refractivity contribution in [2.24, 2.45) is 18.9 Å². The zero-order valence-electron chi connectivity index (χ0n) is 23.4. The predicted octanol–water partition coefficient (Wildman–Crippen LogP) is 4.81. The number of hydrogen-bond acceptors (Lipinski definition) is 4. The molecule has 2 heterocycles. The Morgan fingerprint density at radius 2 is 1.85 bits per heavy atom. The number of benzene rings is 1. The molecule has 9 heteroatoms. The minimum Gasteiger partial charge on any atom is -0.476 e. The van der Waals surface area contributed by atoms with Gasteiger partial charge in [0.05, 0.1) is 6.04 Å². The number of aromatic nitrogens is 3. The first-order valence-electron chi connectivity index (χ1n) is 14.0. The van der Waals surface area contributed by atoms with E-state index in [1.54, 1.807) is 6.92 Å². The number of carbonyl (C=O) groups is 3. The molecular weight excluding hydrogens is 494 g/mol. The molecule has 1 aliphatic rings.